The van der Waals surface area contributed by atoms with Gasteiger partial charge in [-0.15, -0.1) is 0 Å². The number of amides is 1. The summed E-state index contributed by atoms with van der Waals surface area (Å²) in [5, 5.41) is 6.23. The quantitative estimate of drug-likeness (QED) is 0.813. The molecule has 7 heteroatoms. The molecule has 1 aliphatic heterocycles. The number of carbonyl (C=O) groups excluding carboxylic acids is 1. The molecule has 7 nitrogen and oxygen atoms in total. The lowest BCUT2D eigenvalue weighted by Gasteiger charge is -2.28. The van der Waals surface area contributed by atoms with E-state index in [4.69, 9.17) is 4.74 Å². The Morgan fingerprint density at radius 2 is 1.81 bits per heavy atom. The number of hydrogen-bond acceptors (Lipinski definition) is 6. The molecule has 0 spiro atoms. The maximum atomic E-state index is 11.9. The molecule has 0 atom stereocenters. The average Bonchev–Trinajstić information content (AvgIpc) is 2.63. The molecule has 2 aromatic rings. The Hall–Kier alpha value is -2.67. The lowest BCUT2D eigenvalue weighted by atomic mass is 10.1. The predicted molar refractivity (Wildman–Crippen MR) is 108 cm³/mol. The molecule has 0 radical (unpaired) electrons. The number of carbonyl (C=O) groups is 1. The van der Waals surface area contributed by atoms with Gasteiger partial charge in [0.1, 0.15) is 17.5 Å². The monoisotopic (exact) mass is 369 g/mol. The molecule has 3 rings (SSSR count). The Morgan fingerprint density at radius 3 is 2.48 bits per heavy atom. The Bertz CT molecular complexity index is 770. The van der Waals surface area contributed by atoms with Gasteiger partial charge in [-0.25, -0.2) is 9.97 Å². The summed E-state index contributed by atoms with van der Waals surface area (Å²) >= 11 is 0. The Morgan fingerprint density at radius 1 is 1.15 bits per heavy atom. The molecule has 144 valence electrons. The summed E-state index contributed by atoms with van der Waals surface area (Å²) in [5.74, 6) is 2.76. The van der Waals surface area contributed by atoms with Crippen molar-refractivity contribution in [2.45, 2.75) is 27.2 Å². The predicted octanol–water partition coefficient (Wildman–Crippen LogP) is 3.35. The largest absolute Gasteiger partial charge is 0.378 e. The molecule has 0 saturated carbocycles. The molecule has 1 amide bonds. The van der Waals surface area contributed by atoms with Crippen molar-refractivity contribution in [2.75, 3.05) is 41.8 Å². The van der Waals surface area contributed by atoms with Crippen molar-refractivity contribution in [3.63, 3.8) is 0 Å². The number of aromatic nitrogens is 2. The third-order valence-electron chi connectivity index (χ3n) is 4.19. The van der Waals surface area contributed by atoms with Crippen molar-refractivity contribution >= 4 is 28.9 Å². The molecule has 1 aliphatic rings. The van der Waals surface area contributed by atoms with Gasteiger partial charge in [-0.05, 0) is 37.1 Å². The SMILES string of the molecule is Cc1nc(Nc2ccc(NC(=O)CC(C)C)cc2)cc(N2CCOCC2)n1. The maximum Gasteiger partial charge on any atom is 0.224 e. The smallest absolute Gasteiger partial charge is 0.224 e. The van der Waals surface area contributed by atoms with Gasteiger partial charge in [0, 0.05) is 37.0 Å². The minimum atomic E-state index is 0.0345. The zero-order chi connectivity index (χ0) is 19.2. The third-order valence-corrected chi connectivity index (χ3v) is 4.19. The summed E-state index contributed by atoms with van der Waals surface area (Å²) in [4.78, 5) is 23.1. The van der Waals surface area contributed by atoms with Gasteiger partial charge in [0.2, 0.25) is 5.91 Å². The van der Waals surface area contributed by atoms with Crippen molar-refractivity contribution in [1.82, 2.24) is 9.97 Å². The van der Waals surface area contributed by atoms with E-state index in [-0.39, 0.29) is 5.91 Å². The second-order valence-electron chi connectivity index (χ2n) is 7.11. The molecular weight excluding hydrogens is 342 g/mol. The van der Waals surface area contributed by atoms with E-state index in [2.05, 4.69) is 25.5 Å². The second-order valence-corrected chi connectivity index (χ2v) is 7.11. The molecule has 0 bridgehead atoms. The number of benzene rings is 1. The van der Waals surface area contributed by atoms with Crippen molar-refractivity contribution in [1.29, 1.82) is 0 Å². The zero-order valence-corrected chi connectivity index (χ0v) is 16.2. The van der Waals surface area contributed by atoms with Crippen LogP contribution in [0.5, 0.6) is 0 Å². The van der Waals surface area contributed by atoms with Crippen molar-refractivity contribution in [2.24, 2.45) is 5.92 Å². The van der Waals surface area contributed by atoms with Crippen LogP contribution in [0.2, 0.25) is 0 Å². The topological polar surface area (TPSA) is 79.4 Å². The van der Waals surface area contributed by atoms with Gasteiger partial charge in [-0.3, -0.25) is 4.79 Å². The standard InChI is InChI=1S/C20H27N5O2/c1-14(2)12-20(26)24-17-6-4-16(5-7-17)23-18-13-19(22-15(3)21-18)25-8-10-27-11-9-25/h4-7,13-14H,8-12H2,1-3H3,(H,24,26)(H,21,22,23). The van der Waals surface area contributed by atoms with Gasteiger partial charge >= 0.3 is 0 Å². The van der Waals surface area contributed by atoms with Crippen LogP contribution in [0, 0.1) is 12.8 Å². The van der Waals surface area contributed by atoms with Gasteiger partial charge in [0.25, 0.3) is 0 Å². The first-order valence-corrected chi connectivity index (χ1v) is 9.35. The first-order chi connectivity index (χ1) is 13.0. The fourth-order valence-electron chi connectivity index (χ4n) is 2.94. The Labute approximate surface area is 160 Å². The highest BCUT2D eigenvalue weighted by Gasteiger charge is 2.14. The molecular formula is C20H27N5O2. The molecule has 1 aromatic carbocycles. The Kier molecular flexibility index (Phi) is 6.24. The summed E-state index contributed by atoms with van der Waals surface area (Å²) in [6, 6.07) is 9.58. The van der Waals surface area contributed by atoms with Crippen LogP contribution in [0.1, 0.15) is 26.1 Å². The Balaban J connectivity index is 1.66. The normalized spacial score (nSPS) is 14.3. The van der Waals surface area contributed by atoms with Crippen LogP contribution in [0.15, 0.2) is 30.3 Å². The number of nitrogens with one attached hydrogen (secondary N) is 2. The number of ether oxygens (including phenoxy) is 1. The lowest BCUT2D eigenvalue weighted by Crippen LogP contribution is -2.36. The number of anilines is 4. The van der Waals surface area contributed by atoms with E-state index in [0.717, 1.165) is 55.1 Å². The van der Waals surface area contributed by atoms with E-state index in [9.17, 15) is 4.79 Å². The minimum Gasteiger partial charge on any atom is -0.378 e. The van der Waals surface area contributed by atoms with Gasteiger partial charge in [-0.2, -0.15) is 0 Å². The van der Waals surface area contributed by atoms with Crippen LogP contribution in [0.4, 0.5) is 23.0 Å². The average molecular weight is 369 g/mol. The maximum absolute atomic E-state index is 11.9. The molecule has 0 unspecified atom stereocenters. The van der Waals surface area contributed by atoms with Crippen LogP contribution < -0.4 is 15.5 Å². The fourth-order valence-corrected chi connectivity index (χ4v) is 2.94. The zero-order valence-electron chi connectivity index (χ0n) is 16.2. The highest BCUT2D eigenvalue weighted by Crippen LogP contribution is 2.22. The van der Waals surface area contributed by atoms with Gasteiger partial charge in [-0.1, -0.05) is 13.8 Å². The van der Waals surface area contributed by atoms with Crippen molar-refractivity contribution in [3.8, 4) is 0 Å². The van der Waals surface area contributed by atoms with Crippen LogP contribution >= 0.6 is 0 Å². The number of nitrogens with zero attached hydrogens (tertiary/aromatic N) is 3. The van der Waals surface area contributed by atoms with E-state index >= 15 is 0 Å². The van der Waals surface area contributed by atoms with Crippen molar-refractivity contribution < 1.29 is 9.53 Å². The minimum absolute atomic E-state index is 0.0345. The van der Waals surface area contributed by atoms with Crippen LogP contribution in [-0.2, 0) is 9.53 Å². The first-order valence-electron chi connectivity index (χ1n) is 9.35. The van der Waals surface area contributed by atoms with E-state index in [0.29, 0.717) is 12.3 Å². The molecule has 1 fully saturated rings. The molecule has 0 aliphatic carbocycles. The molecule has 27 heavy (non-hydrogen) atoms. The summed E-state index contributed by atoms with van der Waals surface area (Å²) in [6.07, 6.45) is 0.518. The number of rotatable bonds is 6. The first kappa shape index (κ1) is 19.1. The van der Waals surface area contributed by atoms with E-state index in [1.165, 1.54) is 0 Å². The molecule has 1 saturated heterocycles. The second kappa shape index (κ2) is 8.81. The third kappa shape index (κ3) is 5.65. The molecule has 2 heterocycles. The number of aryl methyl sites for hydroxylation is 1. The van der Waals surface area contributed by atoms with Crippen LogP contribution in [0.25, 0.3) is 0 Å². The van der Waals surface area contributed by atoms with Crippen LogP contribution in [-0.4, -0.2) is 42.2 Å². The van der Waals surface area contributed by atoms with Crippen molar-refractivity contribution in [3.05, 3.63) is 36.2 Å². The highest BCUT2D eigenvalue weighted by molar-refractivity contribution is 5.91. The summed E-state index contributed by atoms with van der Waals surface area (Å²) < 4.78 is 5.41. The number of morpholine rings is 1. The summed E-state index contributed by atoms with van der Waals surface area (Å²) in [7, 11) is 0. The van der Waals surface area contributed by atoms with E-state index in [1.54, 1.807) is 0 Å². The van der Waals surface area contributed by atoms with E-state index in [1.807, 2.05) is 51.1 Å². The summed E-state index contributed by atoms with van der Waals surface area (Å²) in [5.41, 5.74) is 1.70. The summed E-state index contributed by atoms with van der Waals surface area (Å²) in [6.45, 7) is 9.05. The molecule has 2 N–H and O–H groups in total. The van der Waals surface area contributed by atoms with E-state index < -0.39 is 0 Å². The highest BCUT2D eigenvalue weighted by atomic mass is 16.5. The van der Waals surface area contributed by atoms with Crippen LogP contribution in [0.3, 0.4) is 0 Å². The number of hydrogen-bond donors (Lipinski definition) is 2. The van der Waals surface area contributed by atoms with Gasteiger partial charge < -0.3 is 20.3 Å². The van der Waals surface area contributed by atoms with Gasteiger partial charge in [0.05, 0.1) is 13.2 Å². The fraction of sp³-hybridized carbons (Fsp3) is 0.450. The molecule has 1 aromatic heterocycles. The lowest BCUT2D eigenvalue weighted by molar-refractivity contribution is -0.116. The van der Waals surface area contributed by atoms with Gasteiger partial charge in [0.15, 0.2) is 0 Å².